The molecule has 2 atom stereocenters. The Hall–Kier alpha value is -1.83. The van der Waals surface area contributed by atoms with Gasteiger partial charge in [0.1, 0.15) is 12.6 Å². The Labute approximate surface area is 101 Å². The molecule has 0 bridgehead atoms. The zero-order valence-corrected chi connectivity index (χ0v) is 9.80. The van der Waals surface area contributed by atoms with Gasteiger partial charge in [0, 0.05) is 0 Å². The van der Waals surface area contributed by atoms with Gasteiger partial charge in [0.25, 0.3) is 0 Å². The number of ether oxygens (including phenoxy) is 1. The molecule has 1 heterocycles. The summed E-state index contributed by atoms with van der Waals surface area (Å²) in [7, 11) is 1.91. The number of hydrogen-bond donors (Lipinski definition) is 0. The van der Waals surface area contributed by atoms with Crippen LogP contribution in [0.2, 0.25) is 0 Å². The number of rotatable bonds is 2. The maximum atomic E-state index is 11.6. The molecule has 1 aliphatic heterocycles. The molecule has 0 unspecified atom stereocenters. The first-order valence-corrected chi connectivity index (χ1v) is 5.53. The van der Waals surface area contributed by atoms with Crippen molar-refractivity contribution in [1.82, 2.24) is 4.90 Å². The van der Waals surface area contributed by atoms with Crippen molar-refractivity contribution in [1.29, 1.82) is 0 Å². The van der Waals surface area contributed by atoms with Gasteiger partial charge in [0.15, 0.2) is 0 Å². The van der Waals surface area contributed by atoms with Crippen LogP contribution in [-0.2, 0) is 9.53 Å². The highest BCUT2D eigenvalue weighted by Crippen LogP contribution is 2.26. The summed E-state index contributed by atoms with van der Waals surface area (Å²) in [5, 5.41) is 0. The molecule has 0 N–H and O–H groups in total. The van der Waals surface area contributed by atoms with Crippen LogP contribution in [0.25, 0.3) is 0 Å². The summed E-state index contributed by atoms with van der Waals surface area (Å²) in [6.45, 7) is 3.90. The largest absolute Gasteiger partial charge is 0.462 e. The first-order valence-electron chi connectivity index (χ1n) is 5.53. The number of hydrogen-bond acceptors (Lipinski definition) is 3. The van der Waals surface area contributed by atoms with Crippen molar-refractivity contribution in [3.8, 4) is 0 Å². The van der Waals surface area contributed by atoms with Gasteiger partial charge < -0.3 is 4.74 Å². The van der Waals surface area contributed by atoms with Crippen molar-refractivity contribution in [3.63, 3.8) is 0 Å². The highest BCUT2D eigenvalue weighted by molar-refractivity contribution is 5.78. The third-order valence-electron chi connectivity index (χ3n) is 3.02. The Morgan fingerprint density at radius 2 is 2.18 bits per heavy atom. The quantitative estimate of drug-likeness (QED) is 0.573. The number of benzene rings is 1. The highest BCUT2D eigenvalue weighted by atomic mass is 16.5. The van der Waals surface area contributed by atoms with E-state index in [0.717, 1.165) is 5.56 Å². The van der Waals surface area contributed by atoms with Gasteiger partial charge in [-0.05, 0) is 18.7 Å². The minimum Gasteiger partial charge on any atom is -0.462 e. The number of esters is 1. The summed E-state index contributed by atoms with van der Waals surface area (Å²) in [6.07, 6.45) is 1.64. The van der Waals surface area contributed by atoms with Gasteiger partial charge in [-0.15, -0.1) is 5.73 Å². The van der Waals surface area contributed by atoms with E-state index < -0.39 is 6.04 Å². The van der Waals surface area contributed by atoms with Crippen molar-refractivity contribution in [2.24, 2.45) is 0 Å². The van der Waals surface area contributed by atoms with E-state index in [1.165, 1.54) is 0 Å². The lowest BCUT2D eigenvalue weighted by Crippen LogP contribution is -2.47. The molecular formula is C14H15NO2. The van der Waals surface area contributed by atoms with Crippen molar-refractivity contribution in [2.75, 3.05) is 13.7 Å². The standard InChI is InChI=1S/C14H15NO2/c1-3-7-12-14(16)17-10-13(15(12)2)11-8-5-4-6-9-11/h4-9,12-13H,1,10H2,2H3/t12-,13+/m1/s1. The van der Waals surface area contributed by atoms with Gasteiger partial charge in [0.05, 0.1) is 6.04 Å². The van der Waals surface area contributed by atoms with Crippen LogP contribution < -0.4 is 0 Å². The molecule has 17 heavy (non-hydrogen) atoms. The van der Waals surface area contributed by atoms with Gasteiger partial charge in [0.2, 0.25) is 0 Å². The zero-order chi connectivity index (χ0) is 12.3. The van der Waals surface area contributed by atoms with E-state index in [2.05, 4.69) is 12.3 Å². The Morgan fingerprint density at radius 3 is 2.82 bits per heavy atom. The molecule has 0 radical (unpaired) electrons. The van der Waals surface area contributed by atoms with Crippen molar-refractivity contribution >= 4 is 5.97 Å². The van der Waals surface area contributed by atoms with Crippen molar-refractivity contribution in [2.45, 2.75) is 12.1 Å². The molecular weight excluding hydrogens is 214 g/mol. The molecule has 1 saturated heterocycles. The van der Waals surface area contributed by atoms with E-state index in [9.17, 15) is 4.79 Å². The number of cyclic esters (lactones) is 1. The van der Waals surface area contributed by atoms with Crippen LogP contribution in [0.4, 0.5) is 0 Å². The molecule has 0 saturated carbocycles. The van der Waals surface area contributed by atoms with E-state index in [1.807, 2.05) is 42.3 Å². The average Bonchev–Trinajstić information content (AvgIpc) is 2.36. The lowest BCUT2D eigenvalue weighted by Gasteiger charge is -2.36. The molecule has 0 spiro atoms. The summed E-state index contributed by atoms with van der Waals surface area (Å²) in [6, 6.07) is 9.70. The van der Waals surface area contributed by atoms with Gasteiger partial charge in [-0.2, -0.15) is 0 Å². The predicted molar refractivity (Wildman–Crippen MR) is 65.4 cm³/mol. The van der Waals surface area contributed by atoms with Crippen LogP contribution in [0.3, 0.4) is 0 Å². The molecule has 1 aromatic rings. The van der Waals surface area contributed by atoms with Gasteiger partial charge in [-0.1, -0.05) is 36.9 Å². The minimum atomic E-state index is -0.397. The number of nitrogens with zero attached hydrogens (tertiary/aromatic N) is 1. The number of morpholine rings is 1. The zero-order valence-electron chi connectivity index (χ0n) is 9.80. The molecule has 2 rings (SSSR count). The molecule has 0 aliphatic carbocycles. The van der Waals surface area contributed by atoms with E-state index in [4.69, 9.17) is 4.74 Å². The van der Waals surface area contributed by atoms with Crippen LogP contribution in [0, 0.1) is 0 Å². The lowest BCUT2D eigenvalue weighted by atomic mass is 10.0. The second-order valence-electron chi connectivity index (χ2n) is 4.04. The molecule has 3 heteroatoms. The van der Waals surface area contributed by atoms with E-state index >= 15 is 0 Å². The highest BCUT2D eigenvalue weighted by Gasteiger charge is 2.34. The van der Waals surface area contributed by atoms with Crippen LogP contribution in [0.15, 0.2) is 48.7 Å². The normalized spacial score (nSPS) is 24.9. The Kier molecular flexibility index (Phi) is 3.43. The van der Waals surface area contributed by atoms with Crippen LogP contribution in [0.1, 0.15) is 11.6 Å². The molecule has 1 aromatic carbocycles. The summed E-state index contributed by atoms with van der Waals surface area (Å²) in [5.41, 5.74) is 3.80. The number of carbonyl (C=O) groups excluding carboxylic acids is 1. The van der Waals surface area contributed by atoms with E-state index in [0.29, 0.717) is 6.61 Å². The maximum Gasteiger partial charge on any atom is 0.328 e. The fraction of sp³-hybridized carbons (Fsp3) is 0.286. The van der Waals surface area contributed by atoms with Crippen molar-refractivity contribution in [3.05, 3.63) is 54.3 Å². The number of carbonyl (C=O) groups is 1. The summed E-state index contributed by atoms with van der Waals surface area (Å²) < 4.78 is 5.20. The van der Waals surface area contributed by atoms with Gasteiger partial charge in [-0.25, -0.2) is 4.79 Å². The summed E-state index contributed by atoms with van der Waals surface area (Å²) in [4.78, 5) is 13.6. The van der Waals surface area contributed by atoms with Crippen LogP contribution >= 0.6 is 0 Å². The molecule has 0 aromatic heterocycles. The van der Waals surface area contributed by atoms with Crippen molar-refractivity contribution < 1.29 is 9.53 Å². The fourth-order valence-electron chi connectivity index (χ4n) is 2.03. The van der Waals surface area contributed by atoms with Crippen LogP contribution in [0.5, 0.6) is 0 Å². The average molecular weight is 229 g/mol. The third-order valence-corrected chi connectivity index (χ3v) is 3.02. The second-order valence-corrected chi connectivity index (χ2v) is 4.04. The summed E-state index contributed by atoms with van der Waals surface area (Å²) in [5.74, 6) is -0.240. The number of likely N-dealkylation sites (N-methyl/N-ethyl adjacent to an activating group) is 1. The Balaban J connectivity index is 2.26. The third kappa shape index (κ3) is 2.31. The molecule has 88 valence electrons. The molecule has 1 fully saturated rings. The lowest BCUT2D eigenvalue weighted by molar-refractivity contribution is -0.158. The SMILES string of the molecule is C=C=C[C@@H]1C(=O)OC[C@@H](c2ccccc2)N1C. The first-order chi connectivity index (χ1) is 8.24. The Morgan fingerprint density at radius 1 is 1.47 bits per heavy atom. The topological polar surface area (TPSA) is 29.5 Å². The molecule has 1 aliphatic rings. The molecule has 3 nitrogen and oxygen atoms in total. The van der Waals surface area contributed by atoms with E-state index in [-0.39, 0.29) is 12.0 Å². The Bertz CT molecular complexity index is 449. The summed E-state index contributed by atoms with van der Waals surface area (Å²) >= 11 is 0. The predicted octanol–water partition coefficient (Wildman–Crippen LogP) is 1.93. The second kappa shape index (κ2) is 5.00. The maximum absolute atomic E-state index is 11.6. The monoisotopic (exact) mass is 229 g/mol. The fourth-order valence-corrected chi connectivity index (χ4v) is 2.03. The van der Waals surface area contributed by atoms with Gasteiger partial charge >= 0.3 is 5.97 Å². The van der Waals surface area contributed by atoms with Gasteiger partial charge in [-0.3, -0.25) is 4.90 Å². The first kappa shape index (κ1) is 11.6. The van der Waals surface area contributed by atoms with Crippen LogP contribution in [-0.4, -0.2) is 30.6 Å². The molecule has 0 amide bonds. The van der Waals surface area contributed by atoms with E-state index in [1.54, 1.807) is 6.08 Å². The smallest absolute Gasteiger partial charge is 0.328 e. The minimum absolute atomic E-state index is 0.0866.